The molecule has 136 valence electrons. The first-order chi connectivity index (χ1) is 12.5. The van der Waals surface area contributed by atoms with Crippen molar-refractivity contribution in [1.29, 1.82) is 0 Å². The zero-order chi connectivity index (χ0) is 18.5. The minimum absolute atomic E-state index is 0.00601. The average molecular weight is 357 g/mol. The van der Waals surface area contributed by atoms with Gasteiger partial charge in [-0.2, -0.15) is 0 Å². The van der Waals surface area contributed by atoms with Gasteiger partial charge in [-0.3, -0.25) is 4.79 Å². The minimum atomic E-state index is -0.971. The largest absolute Gasteiger partial charge is 0.491 e. The monoisotopic (exact) mass is 357 g/mol. The Morgan fingerprint density at radius 3 is 2.73 bits per heavy atom. The average Bonchev–Trinajstić information content (AvgIpc) is 2.65. The smallest absolute Gasteiger partial charge is 0.335 e. The van der Waals surface area contributed by atoms with Crippen molar-refractivity contribution >= 4 is 11.9 Å². The molecular formula is C20H20FNO4. The second-order valence-corrected chi connectivity index (χ2v) is 6.24. The van der Waals surface area contributed by atoms with Crippen molar-refractivity contribution in [3.63, 3.8) is 0 Å². The summed E-state index contributed by atoms with van der Waals surface area (Å²) in [5, 5.41) is 9.10. The summed E-state index contributed by atoms with van der Waals surface area (Å²) in [6, 6.07) is 11.2. The van der Waals surface area contributed by atoms with Crippen LogP contribution in [0.15, 0.2) is 42.5 Å². The van der Waals surface area contributed by atoms with Crippen molar-refractivity contribution in [2.45, 2.75) is 25.8 Å². The summed E-state index contributed by atoms with van der Waals surface area (Å²) in [7, 11) is 0. The Morgan fingerprint density at radius 1 is 1.15 bits per heavy atom. The summed E-state index contributed by atoms with van der Waals surface area (Å²) in [6.45, 7) is 1.30. The summed E-state index contributed by atoms with van der Waals surface area (Å²) < 4.78 is 18.8. The molecule has 26 heavy (non-hydrogen) atoms. The topological polar surface area (TPSA) is 66.8 Å². The molecule has 0 atom stereocenters. The highest BCUT2D eigenvalue weighted by atomic mass is 19.1. The van der Waals surface area contributed by atoms with Crippen LogP contribution in [-0.4, -0.2) is 35.0 Å². The molecule has 1 amide bonds. The van der Waals surface area contributed by atoms with Crippen LogP contribution in [0.1, 0.15) is 34.3 Å². The van der Waals surface area contributed by atoms with E-state index >= 15 is 0 Å². The third-order valence-corrected chi connectivity index (χ3v) is 4.45. The molecule has 0 bridgehead atoms. The number of halogens is 1. The van der Waals surface area contributed by atoms with E-state index in [0.717, 1.165) is 11.1 Å². The van der Waals surface area contributed by atoms with Gasteiger partial charge in [-0.1, -0.05) is 18.2 Å². The highest BCUT2D eigenvalue weighted by Crippen LogP contribution is 2.21. The summed E-state index contributed by atoms with van der Waals surface area (Å²) >= 11 is 0. The lowest BCUT2D eigenvalue weighted by Gasteiger charge is -2.29. The molecule has 2 aromatic rings. The number of para-hydroxylation sites is 1. The van der Waals surface area contributed by atoms with Gasteiger partial charge in [-0.25, -0.2) is 9.18 Å². The quantitative estimate of drug-likeness (QED) is 0.806. The van der Waals surface area contributed by atoms with E-state index < -0.39 is 11.8 Å². The van der Waals surface area contributed by atoms with Gasteiger partial charge in [0.2, 0.25) is 5.91 Å². The first-order valence-corrected chi connectivity index (χ1v) is 8.55. The summed E-state index contributed by atoms with van der Waals surface area (Å²) in [5.74, 6) is -1.20. The molecule has 0 aliphatic carbocycles. The molecule has 0 fully saturated rings. The first-order valence-electron chi connectivity index (χ1n) is 8.55. The van der Waals surface area contributed by atoms with Gasteiger partial charge in [0.15, 0.2) is 11.6 Å². The maximum absolute atomic E-state index is 13.5. The number of carboxylic acids is 1. The van der Waals surface area contributed by atoms with Gasteiger partial charge in [0.25, 0.3) is 0 Å². The number of fused-ring (bicyclic) bond motifs is 1. The fourth-order valence-corrected chi connectivity index (χ4v) is 3.03. The van der Waals surface area contributed by atoms with E-state index in [-0.39, 0.29) is 23.8 Å². The molecule has 3 rings (SSSR count). The van der Waals surface area contributed by atoms with Crippen LogP contribution in [0.3, 0.4) is 0 Å². The van der Waals surface area contributed by atoms with Crippen LogP contribution < -0.4 is 4.74 Å². The Bertz CT molecular complexity index is 821. The van der Waals surface area contributed by atoms with E-state index in [4.69, 9.17) is 9.84 Å². The van der Waals surface area contributed by atoms with Gasteiger partial charge >= 0.3 is 5.97 Å². The van der Waals surface area contributed by atoms with Crippen molar-refractivity contribution in [3.05, 3.63) is 65.0 Å². The number of carbonyl (C=O) groups excluding carboxylic acids is 1. The fourth-order valence-electron chi connectivity index (χ4n) is 3.03. The molecule has 1 N–H and O–H groups in total. The van der Waals surface area contributed by atoms with E-state index in [9.17, 15) is 14.0 Å². The van der Waals surface area contributed by atoms with Crippen LogP contribution in [0, 0.1) is 5.82 Å². The molecular weight excluding hydrogens is 337 g/mol. The number of carboxylic acid groups (broad SMARTS) is 1. The number of rotatable bonds is 6. The molecule has 1 heterocycles. The van der Waals surface area contributed by atoms with E-state index in [1.807, 2.05) is 6.07 Å². The standard InChI is InChI=1S/C20H20FNO4/c21-17-4-1-2-5-18(17)26-11-3-6-19(23)22-10-9-14-7-8-15(20(24)25)12-16(14)13-22/h1-2,4-5,7-8,12H,3,6,9-11,13H2,(H,24,25). The molecule has 2 aromatic carbocycles. The van der Waals surface area contributed by atoms with Gasteiger partial charge in [-0.05, 0) is 48.2 Å². The van der Waals surface area contributed by atoms with Crippen molar-refractivity contribution in [2.75, 3.05) is 13.2 Å². The Morgan fingerprint density at radius 2 is 1.96 bits per heavy atom. The normalized spacial score (nSPS) is 13.2. The third-order valence-electron chi connectivity index (χ3n) is 4.45. The van der Waals surface area contributed by atoms with Crippen LogP contribution in [0.2, 0.25) is 0 Å². The highest BCUT2D eigenvalue weighted by Gasteiger charge is 2.21. The molecule has 0 aromatic heterocycles. The molecule has 0 spiro atoms. The lowest BCUT2D eigenvalue weighted by atomic mass is 9.97. The summed E-state index contributed by atoms with van der Waals surface area (Å²) in [6.07, 6.45) is 1.51. The van der Waals surface area contributed by atoms with Gasteiger partial charge in [0.05, 0.1) is 12.2 Å². The number of hydrogen-bond donors (Lipinski definition) is 1. The Hall–Kier alpha value is -2.89. The van der Waals surface area contributed by atoms with Crippen molar-refractivity contribution in [2.24, 2.45) is 0 Å². The molecule has 0 radical (unpaired) electrons. The van der Waals surface area contributed by atoms with Crippen LogP contribution >= 0.6 is 0 Å². The third kappa shape index (κ3) is 4.20. The zero-order valence-corrected chi connectivity index (χ0v) is 14.3. The molecule has 0 saturated carbocycles. The SMILES string of the molecule is O=C(O)c1ccc2c(c1)CN(C(=O)CCCOc1ccccc1F)CC2. The van der Waals surface area contributed by atoms with Crippen LogP contribution in [0.5, 0.6) is 5.75 Å². The molecule has 1 aliphatic rings. The van der Waals surface area contributed by atoms with Crippen molar-refractivity contribution in [3.8, 4) is 5.75 Å². The molecule has 6 heteroatoms. The second-order valence-electron chi connectivity index (χ2n) is 6.24. The van der Waals surface area contributed by atoms with Crippen LogP contribution in [-0.2, 0) is 17.8 Å². The lowest BCUT2D eigenvalue weighted by Crippen LogP contribution is -2.36. The molecule has 0 unspecified atom stereocenters. The lowest BCUT2D eigenvalue weighted by molar-refractivity contribution is -0.132. The van der Waals surface area contributed by atoms with Crippen LogP contribution in [0.4, 0.5) is 4.39 Å². The number of amides is 1. The van der Waals surface area contributed by atoms with Crippen molar-refractivity contribution in [1.82, 2.24) is 4.90 Å². The van der Waals surface area contributed by atoms with E-state index in [2.05, 4.69) is 0 Å². The number of carbonyl (C=O) groups is 2. The second kappa shape index (κ2) is 7.99. The maximum Gasteiger partial charge on any atom is 0.335 e. The van der Waals surface area contributed by atoms with E-state index in [1.165, 1.54) is 6.07 Å². The Labute approximate surface area is 151 Å². The minimum Gasteiger partial charge on any atom is -0.491 e. The highest BCUT2D eigenvalue weighted by molar-refractivity contribution is 5.88. The maximum atomic E-state index is 13.5. The zero-order valence-electron chi connectivity index (χ0n) is 14.3. The Balaban J connectivity index is 1.50. The fraction of sp³-hybridized carbons (Fsp3) is 0.300. The summed E-state index contributed by atoms with van der Waals surface area (Å²) in [5.41, 5.74) is 2.20. The van der Waals surface area contributed by atoms with E-state index in [0.29, 0.717) is 32.4 Å². The van der Waals surface area contributed by atoms with Gasteiger partial charge < -0.3 is 14.7 Å². The molecule has 1 aliphatic heterocycles. The number of ether oxygens (including phenoxy) is 1. The number of benzene rings is 2. The van der Waals surface area contributed by atoms with Crippen LogP contribution in [0.25, 0.3) is 0 Å². The van der Waals surface area contributed by atoms with Gasteiger partial charge in [-0.15, -0.1) is 0 Å². The first kappa shape index (κ1) is 17.9. The number of nitrogens with zero attached hydrogens (tertiary/aromatic N) is 1. The summed E-state index contributed by atoms with van der Waals surface area (Å²) in [4.78, 5) is 25.2. The number of hydrogen-bond acceptors (Lipinski definition) is 3. The molecule has 0 saturated heterocycles. The van der Waals surface area contributed by atoms with Gasteiger partial charge in [0.1, 0.15) is 0 Å². The van der Waals surface area contributed by atoms with Gasteiger partial charge in [0, 0.05) is 19.5 Å². The van der Waals surface area contributed by atoms with E-state index in [1.54, 1.807) is 35.2 Å². The predicted octanol–water partition coefficient (Wildman–Crippen LogP) is 3.27. The van der Waals surface area contributed by atoms with Crippen molar-refractivity contribution < 1.29 is 23.8 Å². The Kier molecular flexibility index (Phi) is 5.51. The number of aromatic carboxylic acids is 1. The molecule has 5 nitrogen and oxygen atoms in total. The predicted molar refractivity (Wildman–Crippen MR) is 93.7 cm³/mol.